The number of aliphatic carboxylic acids is 1. The fraction of sp³-hybridized carbons (Fsp3) is 0.214. The molecule has 110 valence electrons. The molecule has 0 fully saturated rings. The highest BCUT2D eigenvalue weighted by Crippen LogP contribution is 2.29. The van der Waals surface area contributed by atoms with Crippen LogP contribution in [0, 0.1) is 0 Å². The summed E-state index contributed by atoms with van der Waals surface area (Å²) >= 11 is 0. The first kappa shape index (κ1) is 14.6. The molecule has 1 aromatic carbocycles. The molecule has 0 saturated carbocycles. The van der Waals surface area contributed by atoms with E-state index >= 15 is 0 Å². The van der Waals surface area contributed by atoms with Crippen LogP contribution >= 0.6 is 0 Å². The largest absolute Gasteiger partial charge is 0.493 e. The van der Waals surface area contributed by atoms with E-state index < -0.39 is 5.97 Å². The SMILES string of the molecule is COc1cc(/C=C/C(=O)O)ccc1OCc1cn(C)nn1. The number of nitrogens with zero attached hydrogens (tertiary/aromatic N) is 3. The number of carboxylic acids is 1. The Bertz CT molecular complexity index is 664. The number of methoxy groups -OCH3 is 1. The number of carboxylic acid groups (broad SMARTS) is 1. The molecule has 0 radical (unpaired) electrons. The molecular weight excluding hydrogens is 274 g/mol. The molecule has 0 spiro atoms. The van der Waals surface area contributed by atoms with Crippen molar-refractivity contribution >= 4 is 12.0 Å². The van der Waals surface area contributed by atoms with E-state index in [4.69, 9.17) is 14.6 Å². The fourth-order valence-electron chi connectivity index (χ4n) is 1.69. The number of ether oxygens (including phenoxy) is 2. The minimum Gasteiger partial charge on any atom is -0.493 e. The molecule has 0 bridgehead atoms. The molecule has 21 heavy (non-hydrogen) atoms. The van der Waals surface area contributed by atoms with Gasteiger partial charge < -0.3 is 14.6 Å². The molecule has 0 aliphatic carbocycles. The first-order valence-electron chi connectivity index (χ1n) is 6.15. The summed E-state index contributed by atoms with van der Waals surface area (Å²) in [6, 6.07) is 5.16. The summed E-state index contributed by atoms with van der Waals surface area (Å²) in [4.78, 5) is 10.5. The van der Waals surface area contributed by atoms with Crippen molar-refractivity contribution < 1.29 is 19.4 Å². The predicted molar refractivity (Wildman–Crippen MR) is 75.0 cm³/mol. The molecule has 0 atom stereocenters. The van der Waals surface area contributed by atoms with Gasteiger partial charge in [-0.2, -0.15) is 0 Å². The molecule has 1 heterocycles. The third kappa shape index (κ3) is 4.07. The summed E-state index contributed by atoms with van der Waals surface area (Å²) in [6.07, 6.45) is 4.31. The van der Waals surface area contributed by atoms with Gasteiger partial charge in [0.05, 0.1) is 13.3 Å². The van der Waals surface area contributed by atoms with Gasteiger partial charge in [-0.1, -0.05) is 11.3 Å². The van der Waals surface area contributed by atoms with Gasteiger partial charge in [0.2, 0.25) is 0 Å². The first-order chi connectivity index (χ1) is 10.1. The van der Waals surface area contributed by atoms with Crippen LogP contribution in [0.2, 0.25) is 0 Å². The van der Waals surface area contributed by atoms with Crippen LogP contribution in [0.15, 0.2) is 30.5 Å². The van der Waals surface area contributed by atoms with Crippen LogP contribution in [-0.2, 0) is 18.4 Å². The molecule has 1 aromatic heterocycles. The number of carbonyl (C=O) groups is 1. The molecule has 0 aliphatic heterocycles. The minimum atomic E-state index is -1.00. The van der Waals surface area contributed by atoms with Gasteiger partial charge in [-0.15, -0.1) is 5.10 Å². The third-order valence-corrected chi connectivity index (χ3v) is 2.63. The molecule has 1 N–H and O–H groups in total. The summed E-state index contributed by atoms with van der Waals surface area (Å²) in [6.45, 7) is 0.272. The Morgan fingerprint density at radius 3 is 2.86 bits per heavy atom. The van der Waals surface area contributed by atoms with Crippen LogP contribution in [0.1, 0.15) is 11.3 Å². The standard InChI is InChI=1S/C14H15N3O4/c1-17-8-11(15-16-17)9-21-12-5-3-10(4-6-14(18)19)7-13(12)20-2/h3-8H,9H2,1-2H3,(H,18,19)/b6-4+. The van der Waals surface area contributed by atoms with E-state index in [1.165, 1.54) is 13.2 Å². The highest BCUT2D eigenvalue weighted by atomic mass is 16.5. The second-order valence-electron chi connectivity index (χ2n) is 4.25. The number of aromatic nitrogens is 3. The third-order valence-electron chi connectivity index (χ3n) is 2.63. The maximum Gasteiger partial charge on any atom is 0.328 e. The van der Waals surface area contributed by atoms with Gasteiger partial charge in [0.25, 0.3) is 0 Å². The van der Waals surface area contributed by atoms with E-state index in [2.05, 4.69) is 10.3 Å². The van der Waals surface area contributed by atoms with Gasteiger partial charge in [-0.3, -0.25) is 4.68 Å². The second kappa shape index (κ2) is 6.56. The zero-order valence-corrected chi connectivity index (χ0v) is 11.7. The van der Waals surface area contributed by atoms with Gasteiger partial charge >= 0.3 is 5.97 Å². The smallest absolute Gasteiger partial charge is 0.328 e. The van der Waals surface area contributed by atoms with E-state index in [1.54, 1.807) is 36.1 Å². The van der Waals surface area contributed by atoms with Crippen molar-refractivity contribution in [3.63, 3.8) is 0 Å². The Labute approximate surface area is 121 Å². The van der Waals surface area contributed by atoms with Crippen molar-refractivity contribution in [1.82, 2.24) is 15.0 Å². The van der Waals surface area contributed by atoms with Gasteiger partial charge in [0.15, 0.2) is 11.5 Å². The molecule has 0 unspecified atom stereocenters. The molecule has 2 rings (SSSR count). The Morgan fingerprint density at radius 2 is 2.24 bits per heavy atom. The van der Waals surface area contributed by atoms with Crippen LogP contribution in [0.4, 0.5) is 0 Å². The van der Waals surface area contributed by atoms with Crippen LogP contribution in [-0.4, -0.2) is 33.2 Å². The Morgan fingerprint density at radius 1 is 1.43 bits per heavy atom. The summed E-state index contributed by atoms with van der Waals surface area (Å²) in [5.41, 5.74) is 1.41. The molecule has 0 amide bonds. The average molecular weight is 289 g/mol. The molecular formula is C14H15N3O4. The highest BCUT2D eigenvalue weighted by Gasteiger charge is 2.07. The number of rotatable bonds is 6. The van der Waals surface area contributed by atoms with E-state index in [-0.39, 0.29) is 6.61 Å². The number of hydrogen-bond acceptors (Lipinski definition) is 5. The van der Waals surface area contributed by atoms with Gasteiger partial charge in [-0.25, -0.2) is 4.79 Å². The zero-order chi connectivity index (χ0) is 15.2. The molecule has 0 aliphatic rings. The molecule has 7 heteroatoms. The lowest BCUT2D eigenvalue weighted by molar-refractivity contribution is -0.131. The van der Waals surface area contributed by atoms with Crippen LogP contribution in [0.5, 0.6) is 11.5 Å². The van der Waals surface area contributed by atoms with Crippen LogP contribution < -0.4 is 9.47 Å². The van der Waals surface area contributed by atoms with Crippen LogP contribution in [0.3, 0.4) is 0 Å². The summed E-state index contributed by atoms with van der Waals surface area (Å²) in [5.74, 6) is 0.0685. The van der Waals surface area contributed by atoms with E-state index in [0.29, 0.717) is 22.8 Å². The molecule has 2 aromatic rings. The number of benzene rings is 1. The zero-order valence-electron chi connectivity index (χ0n) is 11.7. The van der Waals surface area contributed by atoms with Crippen molar-refractivity contribution in [3.05, 3.63) is 41.7 Å². The molecule has 0 saturated heterocycles. The van der Waals surface area contributed by atoms with E-state index in [0.717, 1.165) is 6.08 Å². The normalized spacial score (nSPS) is 10.8. The lowest BCUT2D eigenvalue weighted by atomic mass is 10.2. The molecule has 7 nitrogen and oxygen atoms in total. The van der Waals surface area contributed by atoms with Crippen molar-refractivity contribution in [3.8, 4) is 11.5 Å². The van der Waals surface area contributed by atoms with Crippen molar-refractivity contribution in [2.45, 2.75) is 6.61 Å². The summed E-state index contributed by atoms with van der Waals surface area (Å²) in [5, 5.41) is 16.4. The monoisotopic (exact) mass is 289 g/mol. The van der Waals surface area contributed by atoms with E-state index in [9.17, 15) is 4.79 Å². The second-order valence-corrected chi connectivity index (χ2v) is 4.25. The Kier molecular flexibility index (Phi) is 4.55. The lowest BCUT2D eigenvalue weighted by Gasteiger charge is -2.10. The van der Waals surface area contributed by atoms with E-state index in [1.807, 2.05) is 0 Å². The van der Waals surface area contributed by atoms with Gasteiger partial charge in [0.1, 0.15) is 12.3 Å². The predicted octanol–water partition coefficient (Wildman–Crippen LogP) is 1.50. The van der Waals surface area contributed by atoms with Crippen LogP contribution in [0.25, 0.3) is 6.08 Å². The van der Waals surface area contributed by atoms with Crippen molar-refractivity contribution in [2.75, 3.05) is 7.11 Å². The van der Waals surface area contributed by atoms with Gasteiger partial charge in [0, 0.05) is 13.1 Å². The average Bonchev–Trinajstić information content (AvgIpc) is 2.88. The summed E-state index contributed by atoms with van der Waals surface area (Å²) < 4.78 is 12.5. The highest BCUT2D eigenvalue weighted by molar-refractivity contribution is 5.85. The summed E-state index contributed by atoms with van der Waals surface area (Å²) in [7, 11) is 3.30. The van der Waals surface area contributed by atoms with Crippen molar-refractivity contribution in [1.29, 1.82) is 0 Å². The maximum absolute atomic E-state index is 10.5. The fourth-order valence-corrected chi connectivity index (χ4v) is 1.69. The Hall–Kier alpha value is -2.83. The quantitative estimate of drug-likeness (QED) is 0.811. The van der Waals surface area contributed by atoms with Gasteiger partial charge in [-0.05, 0) is 23.8 Å². The maximum atomic E-state index is 10.5. The topological polar surface area (TPSA) is 86.5 Å². The number of hydrogen-bond donors (Lipinski definition) is 1. The first-order valence-corrected chi connectivity index (χ1v) is 6.15. The minimum absolute atomic E-state index is 0.272. The lowest BCUT2D eigenvalue weighted by Crippen LogP contribution is -1.98. The Balaban J connectivity index is 2.10. The van der Waals surface area contributed by atoms with Crippen molar-refractivity contribution in [2.24, 2.45) is 7.05 Å². The number of aryl methyl sites for hydroxylation is 1.